The number of hydrogen-bond acceptors (Lipinski definition) is 3. The Morgan fingerprint density at radius 2 is 2.31 bits per heavy atom. The number of thiol groups is 1. The molecule has 13 heavy (non-hydrogen) atoms. The molecule has 2 nitrogen and oxygen atoms in total. The van der Waals surface area contributed by atoms with Gasteiger partial charge in [-0.3, -0.25) is 4.79 Å². The molecule has 0 aliphatic heterocycles. The molecule has 0 bridgehead atoms. The number of thiophene rings is 1. The van der Waals surface area contributed by atoms with Crippen molar-refractivity contribution in [1.29, 1.82) is 0 Å². The van der Waals surface area contributed by atoms with E-state index in [1.165, 1.54) is 9.75 Å². The molecule has 0 saturated carbocycles. The van der Waals surface area contributed by atoms with Crippen molar-refractivity contribution in [3.8, 4) is 0 Å². The van der Waals surface area contributed by atoms with Crippen LogP contribution in [0.2, 0.25) is 0 Å². The van der Waals surface area contributed by atoms with E-state index in [2.05, 4.69) is 12.6 Å². The van der Waals surface area contributed by atoms with E-state index in [1.54, 1.807) is 11.3 Å². The van der Waals surface area contributed by atoms with E-state index in [4.69, 9.17) is 5.11 Å². The van der Waals surface area contributed by atoms with Crippen LogP contribution in [-0.4, -0.2) is 16.3 Å². The lowest BCUT2D eigenvalue weighted by atomic mass is 10.1. The van der Waals surface area contributed by atoms with Gasteiger partial charge in [0.15, 0.2) is 0 Å². The molecule has 0 aliphatic carbocycles. The predicted octanol–water partition coefficient (Wildman–Crippen LogP) is 2.29. The van der Waals surface area contributed by atoms with E-state index < -0.39 is 11.2 Å². The molecule has 0 amide bonds. The van der Waals surface area contributed by atoms with E-state index in [1.807, 2.05) is 19.9 Å². The lowest BCUT2D eigenvalue weighted by Gasteiger charge is -2.03. The highest BCUT2D eigenvalue weighted by molar-refractivity contribution is 7.81. The highest BCUT2D eigenvalue weighted by atomic mass is 32.1. The molecular formula is C9H12O2S2. The monoisotopic (exact) mass is 216 g/mol. The molecule has 1 rings (SSSR count). The largest absolute Gasteiger partial charge is 0.480 e. The van der Waals surface area contributed by atoms with Gasteiger partial charge in [0.1, 0.15) is 5.25 Å². The molecule has 1 N–H and O–H groups in total. The molecule has 0 aliphatic rings. The van der Waals surface area contributed by atoms with Crippen LogP contribution in [0.25, 0.3) is 0 Å². The van der Waals surface area contributed by atoms with Crippen LogP contribution in [0.4, 0.5) is 0 Å². The zero-order chi connectivity index (χ0) is 10.0. The first-order valence-corrected chi connectivity index (χ1v) is 5.30. The molecule has 1 heterocycles. The molecule has 0 fully saturated rings. The average molecular weight is 216 g/mol. The predicted molar refractivity (Wildman–Crippen MR) is 57.9 cm³/mol. The van der Waals surface area contributed by atoms with Gasteiger partial charge in [0.25, 0.3) is 0 Å². The molecular weight excluding hydrogens is 204 g/mol. The molecule has 72 valence electrons. The van der Waals surface area contributed by atoms with Gasteiger partial charge in [0.2, 0.25) is 0 Å². The van der Waals surface area contributed by atoms with E-state index in [9.17, 15) is 4.79 Å². The zero-order valence-corrected chi connectivity index (χ0v) is 9.28. The summed E-state index contributed by atoms with van der Waals surface area (Å²) in [6.07, 6.45) is 0.509. The summed E-state index contributed by atoms with van der Waals surface area (Å²) in [5.41, 5.74) is 1.10. The third-order valence-electron chi connectivity index (χ3n) is 1.84. The van der Waals surface area contributed by atoms with Crippen LogP contribution < -0.4 is 0 Å². The Balaban J connectivity index is 2.74. The molecule has 0 spiro atoms. The standard InChI is InChI=1S/C9H12O2S2/c1-5-3-7(6(2)13-5)4-8(12)9(10)11/h3,8,12H,4H2,1-2H3,(H,10,11). The van der Waals surface area contributed by atoms with Gasteiger partial charge in [-0.25, -0.2) is 0 Å². The van der Waals surface area contributed by atoms with Crippen molar-refractivity contribution >= 4 is 29.9 Å². The van der Waals surface area contributed by atoms with Crippen molar-refractivity contribution in [2.75, 3.05) is 0 Å². The molecule has 4 heteroatoms. The smallest absolute Gasteiger partial charge is 0.316 e. The van der Waals surface area contributed by atoms with Gasteiger partial charge < -0.3 is 5.11 Å². The lowest BCUT2D eigenvalue weighted by molar-refractivity contribution is -0.136. The number of hydrogen-bond donors (Lipinski definition) is 2. The maximum Gasteiger partial charge on any atom is 0.316 e. The first-order chi connectivity index (χ1) is 6.00. The van der Waals surface area contributed by atoms with Crippen LogP contribution in [0, 0.1) is 13.8 Å². The van der Waals surface area contributed by atoms with Crippen molar-refractivity contribution in [2.24, 2.45) is 0 Å². The van der Waals surface area contributed by atoms with Crippen LogP contribution >= 0.6 is 24.0 Å². The Morgan fingerprint density at radius 1 is 1.69 bits per heavy atom. The third kappa shape index (κ3) is 2.74. The Kier molecular flexibility index (Phi) is 3.39. The summed E-state index contributed by atoms with van der Waals surface area (Å²) in [6, 6.07) is 2.03. The maximum absolute atomic E-state index is 10.5. The Labute approximate surface area is 87.0 Å². The summed E-state index contributed by atoms with van der Waals surface area (Å²) in [5.74, 6) is -0.855. The fraction of sp³-hybridized carbons (Fsp3) is 0.444. The van der Waals surface area contributed by atoms with Crippen LogP contribution in [0.5, 0.6) is 0 Å². The summed E-state index contributed by atoms with van der Waals surface area (Å²) in [7, 11) is 0. The van der Waals surface area contributed by atoms with Crippen molar-refractivity contribution in [3.05, 3.63) is 21.4 Å². The van der Waals surface area contributed by atoms with Gasteiger partial charge in [-0.1, -0.05) is 0 Å². The second-order valence-corrected chi connectivity index (χ2v) is 5.08. The number of carbonyl (C=O) groups is 1. The van der Waals surface area contributed by atoms with Gasteiger partial charge in [-0.2, -0.15) is 12.6 Å². The second kappa shape index (κ2) is 4.15. The number of rotatable bonds is 3. The molecule has 0 radical (unpaired) electrons. The van der Waals surface area contributed by atoms with Gasteiger partial charge >= 0.3 is 5.97 Å². The summed E-state index contributed by atoms with van der Waals surface area (Å²) in [6.45, 7) is 4.03. The highest BCUT2D eigenvalue weighted by Crippen LogP contribution is 2.22. The van der Waals surface area contributed by atoms with E-state index in [0.717, 1.165) is 5.56 Å². The number of aryl methyl sites for hydroxylation is 2. The molecule has 0 saturated heterocycles. The maximum atomic E-state index is 10.5. The topological polar surface area (TPSA) is 37.3 Å². The minimum atomic E-state index is -0.855. The number of carboxylic acid groups (broad SMARTS) is 1. The van der Waals surface area contributed by atoms with Crippen molar-refractivity contribution in [3.63, 3.8) is 0 Å². The van der Waals surface area contributed by atoms with Crippen molar-refractivity contribution in [1.82, 2.24) is 0 Å². The molecule has 1 unspecified atom stereocenters. The number of carboxylic acids is 1. The fourth-order valence-corrected chi connectivity index (χ4v) is 2.34. The highest BCUT2D eigenvalue weighted by Gasteiger charge is 2.14. The number of aliphatic carboxylic acids is 1. The Hall–Kier alpha value is -0.480. The Bertz CT molecular complexity index is 317. The molecule has 1 atom stereocenters. The average Bonchev–Trinajstić information content (AvgIpc) is 2.30. The summed E-state index contributed by atoms with van der Waals surface area (Å²) in [5, 5.41) is 8.08. The van der Waals surface area contributed by atoms with Crippen LogP contribution in [-0.2, 0) is 11.2 Å². The van der Waals surface area contributed by atoms with Gasteiger partial charge in [-0.15, -0.1) is 11.3 Å². The van der Waals surface area contributed by atoms with Gasteiger partial charge in [0.05, 0.1) is 0 Å². The molecule has 1 aromatic rings. The van der Waals surface area contributed by atoms with Crippen molar-refractivity contribution in [2.45, 2.75) is 25.5 Å². The minimum absolute atomic E-state index is 0.509. The second-order valence-electron chi connectivity index (χ2n) is 3.00. The lowest BCUT2D eigenvalue weighted by Crippen LogP contribution is -2.16. The first kappa shape index (κ1) is 10.6. The minimum Gasteiger partial charge on any atom is -0.480 e. The zero-order valence-electron chi connectivity index (χ0n) is 7.57. The van der Waals surface area contributed by atoms with Crippen LogP contribution in [0.3, 0.4) is 0 Å². The van der Waals surface area contributed by atoms with E-state index >= 15 is 0 Å². The quantitative estimate of drug-likeness (QED) is 0.761. The van der Waals surface area contributed by atoms with E-state index in [-0.39, 0.29) is 0 Å². The van der Waals surface area contributed by atoms with Gasteiger partial charge in [0, 0.05) is 9.75 Å². The fourth-order valence-electron chi connectivity index (χ4n) is 1.18. The van der Waals surface area contributed by atoms with Gasteiger partial charge in [-0.05, 0) is 31.9 Å². The summed E-state index contributed by atoms with van der Waals surface area (Å²) in [4.78, 5) is 13.0. The van der Waals surface area contributed by atoms with Crippen molar-refractivity contribution < 1.29 is 9.90 Å². The molecule has 0 aromatic carbocycles. The summed E-state index contributed by atoms with van der Waals surface area (Å²) < 4.78 is 0. The third-order valence-corrected chi connectivity index (χ3v) is 3.25. The Morgan fingerprint density at radius 3 is 2.69 bits per heavy atom. The summed E-state index contributed by atoms with van der Waals surface area (Å²) >= 11 is 5.69. The normalized spacial score (nSPS) is 12.8. The van der Waals surface area contributed by atoms with Crippen LogP contribution in [0.15, 0.2) is 6.07 Å². The van der Waals surface area contributed by atoms with Crippen LogP contribution in [0.1, 0.15) is 15.3 Å². The SMILES string of the molecule is Cc1cc(CC(S)C(=O)O)c(C)s1. The van der Waals surface area contributed by atoms with E-state index in [0.29, 0.717) is 6.42 Å². The first-order valence-electron chi connectivity index (χ1n) is 3.97. The molecule has 1 aromatic heterocycles.